The van der Waals surface area contributed by atoms with Crippen LogP contribution in [0.3, 0.4) is 0 Å². The highest BCUT2D eigenvalue weighted by molar-refractivity contribution is 7.99. The van der Waals surface area contributed by atoms with Crippen molar-refractivity contribution in [2.75, 3.05) is 32.6 Å². The topological polar surface area (TPSA) is 59.3 Å². The van der Waals surface area contributed by atoms with E-state index in [9.17, 15) is 5.11 Å². The molecule has 0 aromatic carbocycles. The number of hydrogen-bond donors (Lipinski definition) is 2. The van der Waals surface area contributed by atoms with Crippen LogP contribution >= 0.6 is 11.8 Å². The van der Waals surface area contributed by atoms with Gasteiger partial charge in [0, 0.05) is 45.4 Å². The molecule has 0 aliphatic carbocycles. The Hall–Kier alpha value is -0.560. The molecule has 0 aliphatic heterocycles. The van der Waals surface area contributed by atoms with Crippen molar-refractivity contribution in [3.8, 4) is 0 Å². The molecule has 1 aromatic rings. The molecule has 1 rings (SSSR count). The van der Waals surface area contributed by atoms with E-state index in [2.05, 4.69) is 10.3 Å². The maximum absolute atomic E-state index is 9.68. The number of methoxy groups -OCH3 is 1. The Kier molecular flexibility index (Phi) is 6.47. The maximum Gasteiger partial charge on any atom is 0.167 e. The van der Waals surface area contributed by atoms with Crippen LogP contribution in [0.15, 0.2) is 17.6 Å². The van der Waals surface area contributed by atoms with E-state index < -0.39 is 0 Å². The van der Waals surface area contributed by atoms with Crippen molar-refractivity contribution in [1.82, 2.24) is 14.9 Å². The van der Waals surface area contributed by atoms with Gasteiger partial charge in [-0.1, -0.05) is 11.8 Å². The summed E-state index contributed by atoms with van der Waals surface area (Å²) in [6.07, 6.45) is 3.29. The van der Waals surface area contributed by atoms with Crippen LogP contribution in [-0.4, -0.2) is 53.3 Å². The van der Waals surface area contributed by atoms with E-state index in [-0.39, 0.29) is 6.10 Å². The van der Waals surface area contributed by atoms with Crippen LogP contribution in [-0.2, 0) is 11.8 Å². The van der Waals surface area contributed by atoms with Gasteiger partial charge in [0.1, 0.15) is 0 Å². The number of aliphatic hydroxyl groups is 1. The van der Waals surface area contributed by atoms with Gasteiger partial charge in [0.05, 0.1) is 12.7 Å². The summed E-state index contributed by atoms with van der Waals surface area (Å²) in [4.78, 5) is 4.17. The van der Waals surface area contributed by atoms with Gasteiger partial charge in [0.25, 0.3) is 0 Å². The standard InChI is InChI=1S/C10H19N3O2S/c1-13-5-3-12-10(13)16-8-9(14)7-11-4-6-15-2/h3,5,9,11,14H,4,6-8H2,1-2H3. The van der Waals surface area contributed by atoms with Gasteiger partial charge in [0.15, 0.2) is 5.16 Å². The SMILES string of the molecule is COCCNCC(O)CSc1nccn1C. The minimum Gasteiger partial charge on any atom is -0.391 e. The van der Waals surface area contributed by atoms with Crippen molar-refractivity contribution in [1.29, 1.82) is 0 Å². The summed E-state index contributed by atoms with van der Waals surface area (Å²) < 4.78 is 6.84. The van der Waals surface area contributed by atoms with E-state index in [0.717, 1.165) is 11.7 Å². The number of aryl methyl sites for hydroxylation is 1. The maximum atomic E-state index is 9.68. The normalized spacial score (nSPS) is 12.9. The number of aromatic nitrogens is 2. The molecule has 0 spiro atoms. The van der Waals surface area contributed by atoms with E-state index in [1.54, 1.807) is 25.1 Å². The first kappa shape index (κ1) is 13.5. The zero-order valence-electron chi connectivity index (χ0n) is 9.72. The second kappa shape index (κ2) is 7.67. The lowest BCUT2D eigenvalue weighted by atomic mass is 10.4. The van der Waals surface area contributed by atoms with Crippen molar-refractivity contribution in [3.05, 3.63) is 12.4 Å². The van der Waals surface area contributed by atoms with E-state index in [1.807, 2.05) is 17.8 Å². The fourth-order valence-corrected chi connectivity index (χ4v) is 2.02. The first-order chi connectivity index (χ1) is 7.74. The van der Waals surface area contributed by atoms with E-state index in [4.69, 9.17) is 4.74 Å². The quantitative estimate of drug-likeness (QED) is 0.503. The summed E-state index contributed by atoms with van der Waals surface area (Å²) in [6.45, 7) is 2.01. The highest BCUT2D eigenvalue weighted by Gasteiger charge is 2.06. The number of ether oxygens (including phenoxy) is 1. The number of imidazole rings is 1. The lowest BCUT2D eigenvalue weighted by Crippen LogP contribution is -2.30. The molecular weight excluding hydrogens is 226 g/mol. The third kappa shape index (κ3) is 4.98. The highest BCUT2D eigenvalue weighted by Crippen LogP contribution is 2.14. The Morgan fingerprint density at radius 2 is 2.50 bits per heavy atom. The summed E-state index contributed by atoms with van der Waals surface area (Å²) in [7, 11) is 3.60. The minimum atomic E-state index is -0.362. The molecule has 6 heteroatoms. The first-order valence-electron chi connectivity index (χ1n) is 5.22. The number of thioether (sulfide) groups is 1. The van der Waals surface area contributed by atoms with E-state index in [1.165, 1.54) is 0 Å². The van der Waals surface area contributed by atoms with Gasteiger partial charge >= 0.3 is 0 Å². The number of nitrogens with zero attached hydrogens (tertiary/aromatic N) is 2. The van der Waals surface area contributed by atoms with Crippen molar-refractivity contribution >= 4 is 11.8 Å². The van der Waals surface area contributed by atoms with Gasteiger partial charge in [0.2, 0.25) is 0 Å². The molecule has 0 aliphatic rings. The number of rotatable bonds is 8. The van der Waals surface area contributed by atoms with Crippen LogP contribution in [0.1, 0.15) is 0 Å². The second-order valence-electron chi connectivity index (χ2n) is 3.48. The van der Waals surface area contributed by atoms with E-state index in [0.29, 0.717) is 18.9 Å². The van der Waals surface area contributed by atoms with Crippen LogP contribution < -0.4 is 5.32 Å². The van der Waals surface area contributed by atoms with Gasteiger partial charge < -0.3 is 19.7 Å². The summed E-state index contributed by atoms with van der Waals surface area (Å²) in [5, 5.41) is 13.7. The second-order valence-corrected chi connectivity index (χ2v) is 4.47. The Bertz CT molecular complexity index is 293. The molecular formula is C10H19N3O2S. The number of aliphatic hydroxyl groups excluding tert-OH is 1. The molecule has 0 radical (unpaired) electrons. The van der Waals surface area contributed by atoms with E-state index >= 15 is 0 Å². The zero-order valence-corrected chi connectivity index (χ0v) is 10.5. The molecule has 1 unspecified atom stereocenters. The molecule has 92 valence electrons. The predicted octanol–water partition coefficient (Wildman–Crippen LogP) is 0.109. The molecule has 0 saturated carbocycles. The van der Waals surface area contributed by atoms with Crippen molar-refractivity contribution in [2.45, 2.75) is 11.3 Å². The molecule has 0 amide bonds. The molecule has 0 fully saturated rings. The minimum absolute atomic E-state index is 0.362. The largest absolute Gasteiger partial charge is 0.391 e. The monoisotopic (exact) mass is 245 g/mol. The number of hydrogen-bond acceptors (Lipinski definition) is 5. The molecule has 0 saturated heterocycles. The highest BCUT2D eigenvalue weighted by atomic mass is 32.2. The molecule has 0 bridgehead atoms. The fraction of sp³-hybridized carbons (Fsp3) is 0.700. The van der Waals surface area contributed by atoms with Crippen LogP contribution in [0.2, 0.25) is 0 Å². The number of nitrogens with one attached hydrogen (secondary N) is 1. The fourth-order valence-electron chi connectivity index (χ4n) is 1.16. The summed E-state index contributed by atoms with van der Waals surface area (Å²) in [5.41, 5.74) is 0. The van der Waals surface area contributed by atoms with Crippen LogP contribution in [0, 0.1) is 0 Å². The molecule has 1 heterocycles. The van der Waals surface area contributed by atoms with Gasteiger partial charge in [-0.05, 0) is 0 Å². The first-order valence-corrected chi connectivity index (χ1v) is 6.20. The molecule has 1 aromatic heterocycles. The average Bonchev–Trinajstić information content (AvgIpc) is 2.67. The summed E-state index contributed by atoms with van der Waals surface area (Å²) in [6, 6.07) is 0. The van der Waals surface area contributed by atoms with Crippen molar-refractivity contribution in [3.63, 3.8) is 0 Å². The van der Waals surface area contributed by atoms with Gasteiger partial charge in [-0.15, -0.1) is 0 Å². The van der Waals surface area contributed by atoms with Crippen LogP contribution in [0.5, 0.6) is 0 Å². The predicted molar refractivity (Wildman–Crippen MR) is 64.7 cm³/mol. The van der Waals surface area contributed by atoms with Gasteiger partial charge in [-0.3, -0.25) is 0 Å². The average molecular weight is 245 g/mol. The van der Waals surface area contributed by atoms with Crippen LogP contribution in [0.25, 0.3) is 0 Å². The molecule has 2 N–H and O–H groups in total. The summed E-state index contributed by atoms with van der Waals surface area (Å²) >= 11 is 1.56. The van der Waals surface area contributed by atoms with Crippen molar-refractivity contribution in [2.24, 2.45) is 7.05 Å². The molecule has 5 nitrogen and oxygen atoms in total. The third-order valence-corrected chi connectivity index (χ3v) is 3.25. The Balaban J connectivity index is 2.10. The Morgan fingerprint density at radius 1 is 1.69 bits per heavy atom. The third-order valence-electron chi connectivity index (χ3n) is 2.04. The lowest BCUT2D eigenvalue weighted by molar-refractivity contribution is 0.175. The van der Waals surface area contributed by atoms with Gasteiger partial charge in [-0.25, -0.2) is 4.98 Å². The lowest BCUT2D eigenvalue weighted by Gasteiger charge is -2.10. The van der Waals surface area contributed by atoms with Crippen LogP contribution in [0.4, 0.5) is 0 Å². The smallest absolute Gasteiger partial charge is 0.167 e. The zero-order chi connectivity index (χ0) is 11.8. The Labute approximate surface area is 100 Å². The molecule has 1 atom stereocenters. The summed E-state index contributed by atoms with van der Waals surface area (Å²) in [5.74, 6) is 0.644. The Morgan fingerprint density at radius 3 is 3.12 bits per heavy atom. The van der Waals surface area contributed by atoms with Crippen molar-refractivity contribution < 1.29 is 9.84 Å². The molecule has 16 heavy (non-hydrogen) atoms. The van der Waals surface area contributed by atoms with Gasteiger partial charge in [-0.2, -0.15) is 0 Å².